The van der Waals surface area contributed by atoms with Gasteiger partial charge in [0.15, 0.2) is 11.5 Å². The Bertz CT molecular complexity index is 904. The molecule has 146 valence electrons. The van der Waals surface area contributed by atoms with Crippen molar-refractivity contribution < 1.29 is 14.2 Å². The minimum absolute atomic E-state index is 0.502. The molecular formula is C21H24N4O3. The maximum Gasteiger partial charge on any atom is 0.229 e. The number of benzene rings is 2. The molecule has 7 nitrogen and oxygen atoms in total. The number of aromatic nitrogens is 2. The molecule has 7 heteroatoms. The molecule has 0 aliphatic heterocycles. The summed E-state index contributed by atoms with van der Waals surface area (Å²) in [6, 6.07) is 13.6. The highest BCUT2D eigenvalue weighted by molar-refractivity contribution is 5.67. The summed E-state index contributed by atoms with van der Waals surface area (Å²) in [6.07, 6.45) is 2.70. The van der Waals surface area contributed by atoms with E-state index in [0.717, 1.165) is 17.8 Å². The minimum atomic E-state index is 0.502. The second-order valence-electron chi connectivity index (χ2n) is 5.98. The predicted molar refractivity (Wildman–Crippen MR) is 111 cm³/mol. The van der Waals surface area contributed by atoms with Gasteiger partial charge in [0.25, 0.3) is 0 Å². The van der Waals surface area contributed by atoms with E-state index < -0.39 is 0 Å². The molecule has 0 aliphatic rings. The van der Waals surface area contributed by atoms with Crippen LogP contribution in [0.1, 0.15) is 12.5 Å². The molecule has 2 N–H and O–H groups in total. The van der Waals surface area contributed by atoms with Gasteiger partial charge in [0, 0.05) is 29.7 Å². The smallest absolute Gasteiger partial charge is 0.229 e. The quantitative estimate of drug-likeness (QED) is 0.593. The Kier molecular flexibility index (Phi) is 6.16. The molecule has 2 aromatic carbocycles. The van der Waals surface area contributed by atoms with Gasteiger partial charge < -0.3 is 24.8 Å². The number of nitrogens with zero attached hydrogens (tertiary/aromatic N) is 2. The fourth-order valence-electron chi connectivity index (χ4n) is 2.74. The fourth-order valence-corrected chi connectivity index (χ4v) is 2.74. The van der Waals surface area contributed by atoms with E-state index >= 15 is 0 Å². The molecule has 0 unspecified atom stereocenters. The van der Waals surface area contributed by atoms with Crippen LogP contribution in [0, 0.1) is 0 Å². The molecule has 0 bridgehead atoms. The van der Waals surface area contributed by atoms with E-state index in [9.17, 15) is 0 Å². The lowest BCUT2D eigenvalue weighted by molar-refractivity contribution is 0.324. The number of ether oxygens (including phenoxy) is 3. The normalized spacial score (nSPS) is 10.3. The Labute approximate surface area is 164 Å². The van der Waals surface area contributed by atoms with Crippen LogP contribution in [0.25, 0.3) is 0 Å². The van der Waals surface area contributed by atoms with Gasteiger partial charge in [-0.3, -0.25) is 0 Å². The van der Waals surface area contributed by atoms with Gasteiger partial charge in [0.1, 0.15) is 5.82 Å². The highest BCUT2D eigenvalue weighted by atomic mass is 16.5. The van der Waals surface area contributed by atoms with Crippen molar-refractivity contribution in [1.29, 1.82) is 0 Å². The van der Waals surface area contributed by atoms with Crippen molar-refractivity contribution in [2.75, 3.05) is 32.0 Å². The van der Waals surface area contributed by atoms with Gasteiger partial charge in [0.2, 0.25) is 11.7 Å². The van der Waals surface area contributed by atoms with Crippen LogP contribution in [0.5, 0.6) is 17.2 Å². The zero-order valence-corrected chi connectivity index (χ0v) is 16.4. The average molecular weight is 380 g/mol. The summed E-state index contributed by atoms with van der Waals surface area (Å²) in [6.45, 7) is 2.13. The first-order valence-electron chi connectivity index (χ1n) is 8.92. The molecule has 0 saturated carbocycles. The van der Waals surface area contributed by atoms with E-state index in [-0.39, 0.29) is 0 Å². The maximum atomic E-state index is 5.39. The summed E-state index contributed by atoms with van der Waals surface area (Å²) in [5, 5.41) is 6.46. The van der Waals surface area contributed by atoms with Crippen molar-refractivity contribution in [3.8, 4) is 17.2 Å². The molecule has 28 heavy (non-hydrogen) atoms. The van der Waals surface area contributed by atoms with Gasteiger partial charge in [-0.2, -0.15) is 4.98 Å². The Morgan fingerprint density at radius 1 is 0.821 bits per heavy atom. The van der Waals surface area contributed by atoms with Crippen LogP contribution < -0.4 is 24.8 Å². The van der Waals surface area contributed by atoms with Gasteiger partial charge in [0.05, 0.1) is 21.3 Å². The Balaban J connectivity index is 1.80. The molecule has 0 atom stereocenters. The number of nitrogens with one attached hydrogen (secondary N) is 2. The largest absolute Gasteiger partial charge is 0.493 e. The summed E-state index contributed by atoms with van der Waals surface area (Å²) >= 11 is 0. The average Bonchev–Trinajstić information content (AvgIpc) is 2.73. The first kappa shape index (κ1) is 19.3. The number of methoxy groups -OCH3 is 3. The molecule has 3 aromatic rings. The Morgan fingerprint density at radius 2 is 1.50 bits per heavy atom. The predicted octanol–water partition coefficient (Wildman–Crippen LogP) is 4.55. The highest BCUT2D eigenvalue weighted by Crippen LogP contribution is 2.40. The molecule has 0 fully saturated rings. The van der Waals surface area contributed by atoms with Crippen molar-refractivity contribution in [2.24, 2.45) is 0 Å². The van der Waals surface area contributed by atoms with E-state index in [1.807, 2.05) is 24.3 Å². The third-order valence-electron chi connectivity index (χ3n) is 4.21. The lowest BCUT2D eigenvalue weighted by Gasteiger charge is -2.15. The van der Waals surface area contributed by atoms with Gasteiger partial charge in [-0.1, -0.05) is 19.1 Å². The van der Waals surface area contributed by atoms with Crippen LogP contribution in [0.4, 0.5) is 23.1 Å². The third-order valence-corrected chi connectivity index (χ3v) is 4.21. The van der Waals surface area contributed by atoms with Crippen LogP contribution in [0.3, 0.4) is 0 Å². The molecule has 1 aromatic heterocycles. The summed E-state index contributed by atoms with van der Waals surface area (Å²) < 4.78 is 16.1. The van der Waals surface area contributed by atoms with Crippen molar-refractivity contribution in [3.63, 3.8) is 0 Å². The van der Waals surface area contributed by atoms with Gasteiger partial charge in [-0.25, -0.2) is 4.98 Å². The number of hydrogen-bond donors (Lipinski definition) is 2. The van der Waals surface area contributed by atoms with Crippen molar-refractivity contribution in [3.05, 3.63) is 54.2 Å². The maximum absolute atomic E-state index is 5.39. The molecule has 0 amide bonds. The SMILES string of the molecule is CCc1ccc(Nc2nccc(Nc3cc(OC)c(OC)c(OC)c3)n2)cc1. The zero-order chi connectivity index (χ0) is 19.9. The standard InChI is InChI=1S/C21H24N4O3/c1-5-14-6-8-15(9-7-14)24-21-22-11-10-19(25-21)23-16-12-17(26-2)20(28-4)18(13-16)27-3/h6-13H,5H2,1-4H3,(H2,22,23,24,25). The monoisotopic (exact) mass is 380 g/mol. The first-order chi connectivity index (χ1) is 13.7. The molecule has 0 aliphatic carbocycles. The molecule has 0 radical (unpaired) electrons. The number of anilines is 4. The Hall–Kier alpha value is -3.48. The highest BCUT2D eigenvalue weighted by Gasteiger charge is 2.13. The molecule has 3 rings (SSSR count). The number of rotatable bonds is 8. The number of hydrogen-bond acceptors (Lipinski definition) is 7. The Morgan fingerprint density at radius 3 is 2.07 bits per heavy atom. The summed E-state index contributed by atoms with van der Waals surface area (Å²) in [4.78, 5) is 8.80. The van der Waals surface area contributed by atoms with Crippen LogP contribution >= 0.6 is 0 Å². The zero-order valence-electron chi connectivity index (χ0n) is 16.4. The number of aryl methyl sites for hydroxylation is 1. The van der Waals surface area contributed by atoms with Crippen molar-refractivity contribution in [1.82, 2.24) is 9.97 Å². The van der Waals surface area contributed by atoms with Gasteiger partial charge in [-0.15, -0.1) is 0 Å². The summed E-state index contributed by atoms with van der Waals surface area (Å²) in [5.41, 5.74) is 2.97. The first-order valence-corrected chi connectivity index (χ1v) is 8.92. The van der Waals surface area contributed by atoms with E-state index in [4.69, 9.17) is 14.2 Å². The molecular weight excluding hydrogens is 356 g/mol. The lowest BCUT2D eigenvalue weighted by atomic mass is 10.1. The second kappa shape index (κ2) is 8.94. The van der Waals surface area contributed by atoms with E-state index in [0.29, 0.717) is 29.0 Å². The molecule has 1 heterocycles. The van der Waals surface area contributed by atoms with E-state index in [2.05, 4.69) is 39.7 Å². The summed E-state index contributed by atoms with van der Waals surface area (Å²) in [7, 11) is 4.73. The van der Waals surface area contributed by atoms with Crippen molar-refractivity contribution in [2.45, 2.75) is 13.3 Å². The lowest BCUT2D eigenvalue weighted by Crippen LogP contribution is -2.01. The fraction of sp³-hybridized carbons (Fsp3) is 0.238. The topological polar surface area (TPSA) is 77.5 Å². The third kappa shape index (κ3) is 4.43. The van der Waals surface area contributed by atoms with Crippen molar-refractivity contribution >= 4 is 23.1 Å². The molecule has 0 saturated heterocycles. The minimum Gasteiger partial charge on any atom is -0.493 e. The van der Waals surface area contributed by atoms with Crippen LogP contribution in [-0.2, 0) is 6.42 Å². The second-order valence-corrected chi connectivity index (χ2v) is 5.98. The molecule has 0 spiro atoms. The van der Waals surface area contributed by atoms with Crippen LogP contribution in [0.15, 0.2) is 48.7 Å². The van der Waals surface area contributed by atoms with Gasteiger partial charge in [-0.05, 0) is 30.2 Å². The van der Waals surface area contributed by atoms with E-state index in [1.165, 1.54) is 5.56 Å². The van der Waals surface area contributed by atoms with Gasteiger partial charge >= 0.3 is 0 Å². The van der Waals surface area contributed by atoms with Crippen LogP contribution in [-0.4, -0.2) is 31.3 Å². The van der Waals surface area contributed by atoms with Crippen LogP contribution in [0.2, 0.25) is 0 Å². The summed E-state index contributed by atoms with van der Waals surface area (Å²) in [5.74, 6) is 2.80. The van der Waals surface area contributed by atoms with E-state index in [1.54, 1.807) is 33.6 Å².